The number of carbonyl (C=O) groups is 1. The third-order valence-corrected chi connectivity index (χ3v) is 5.07. The summed E-state index contributed by atoms with van der Waals surface area (Å²) in [6, 6.07) is 15.7. The molecule has 0 fully saturated rings. The van der Waals surface area contributed by atoms with Crippen LogP contribution in [0.15, 0.2) is 53.9 Å². The zero-order valence-corrected chi connectivity index (χ0v) is 16.7. The van der Waals surface area contributed by atoms with Crippen molar-refractivity contribution in [2.75, 3.05) is 13.2 Å². The quantitative estimate of drug-likeness (QED) is 0.514. The molecule has 0 aliphatic rings. The van der Waals surface area contributed by atoms with Crippen molar-refractivity contribution in [2.45, 2.75) is 26.2 Å². The molecular weight excluding hydrogens is 374 g/mol. The highest BCUT2D eigenvalue weighted by Gasteiger charge is 2.09. The lowest BCUT2D eigenvalue weighted by Crippen LogP contribution is -2.09. The van der Waals surface area contributed by atoms with Gasteiger partial charge in [-0.1, -0.05) is 38.1 Å². The Balaban J connectivity index is 1.52. The SMILES string of the molecule is CC(C)c1ccc(OCCOc2cccc(-c3nc(CC(=O)O)cs3)c2)cc1. The summed E-state index contributed by atoms with van der Waals surface area (Å²) in [5.74, 6) is 1.18. The van der Waals surface area contributed by atoms with Crippen molar-refractivity contribution >= 4 is 17.3 Å². The highest BCUT2D eigenvalue weighted by Crippen LogP contribution is 2.27. The molecule has 28 heavy (non-hydrogen) atoms. The van der Waals surface area contributed by atoms with Crippen LogP contribution in [-0.2, 0) is 11.2 Å². The monoisotopic (exact) mass is 397 g/mol. The van der Waals surface area contributed by atoms with Crippen LogP contribution in [0.2, 0.25) is 0 Å². The lowest BCUT2D eigenvalue weighted by molar-refractivity contribution is -0.136. The Morgan fingerprint density at radius 2 is 1.79 bits per heavy atom. The van der Waals surface area contributed by atoms with Gasteiger partial charge in [-0.25, -0.2) is 4.98 Å². The van der Waals surface area contributed by atoms with Gasteiger partial charge in [-0.3, -0.25) is 4.79 Å². The normalized spacial score (nSPS) is 10.8. The van der Waals surface area contributed by atoms with Gasteiger partial charge in [-0.2, -0.15) is 0 Å². The van der Waals surface area contributed by atoms with E-state index in [0.29, 0.717) is 24.8 Å². The predicted octanol–water partition coefficient (Wildman–Crippen LogP) is 5.02. The molecule has 0 aliphatic heterocycles. The first kappa shape index (κ1) is 19.9. The molecular formula is C22H23NO4S. The minimum absolute atomic E-state index is 0.0673. The van der Waals surface area contributed by atoms with Gasteiger partial charge in [0, 0.05) is 10.9 Å². The lowest BCUT2D eigenvalue weighted by atomic mass is 10.0. The molecule has 1 heterocycles. The Labute approximate surface area is 168 Å². The second-order valence-electron chi connectivity index (χ2n) is 6.66. The van der Waals surface area contributed by atoms with Crippen LogP contribution in [0.25, 0.3) is 10.6 Å². The van der Waals surface area contributed by atoms with E-state index in [-0.39, 0.29) is 6.42 Å². The molecule has 0 saturated heterocycles. The molecule has 1 N–H and O–H groups in total. The van der Waals surface area contributed by atoms with Crippen LogP contribution < -0.4 is 9.47 Å². The Kier molecular flexibility index (Phi) is 6.66. The number of nitrogens with zero attached hydrogens (tertiary/aromatic N) is 1. The molecule has 0 radical (unpaired) electrons. The molecule has 3 aromatic rings. The maximum atomic E-state index is 10.8. The van der Waals surface area contributed by atoms with Crippen molar-refractivity contribution in [1.82, 2.24) is 4.98 Å². The average Bonchev–Trinajstić information content (AvgIpc) is 3.14. The number of aliphatic carboxylic acids is 1. The van der Waals surface area contributed by atoms with Gasteiger partial charge in [-0.05, 0) is 35.7 Å². The first-order valence-corrected chi connectivity index (χ1v) is 10.0. The zero-order valence-electron chi connectivity index (χ0n) is 15.9. The standard InChI is InChI=1S/C22H23NO4S/c1-15(2)16-6-8-19(9-7-16)26-10-11-27-20-5-3-4-17(12-20)22-23-18(14-28-22)13-21(24)25/h3-9,12,14-15H,10-11,13H2,1-2H3,(H,24,25). The largest absolute Gasteiger partial charge is 0.490 e. The van der Waals surface area contributed by atoms with Crippen molar-refractivity contribution in [3.63, 3.8) is 0 Å². The Morgan fingerprint density at radius 1 is 1.07 bits per heavy atom. The van der Waals surface area contributed by atoms with Crippen LogP contribution in [0.5, 0.6) is 11.5 Å². The molecule has 146 valence electrons. The Hall–Kier alpha value is -2.86. The van der Waals surface area contributed by atoms with Crippen molar-refractivity contribution in [1.29, 1.82) is 0 Å². The second-order valence-corrected chi connectivity index (χ2v) is 7.52. The molecule has 0 aliphatic carbocycles. The smallest absolute Gasteiger partial charge is 0.309 e. The number of carboxylic acid groups (broad SMARTS) is 1. The molecule has 1 aromatic heterocycles. The summed E-state index contributed by atoms with van der Waals surface area (Å²) in [4.78, 5) is 15.2. The van der Waals surface area contributed by atoms with E-state index in [2.05, 4.69) is 31.0 Å². The lowest BCUT2D eigenvalue weighted by Gasteiger charge is -2.10. The number of thiazole rings is 1. The highest BCUT2D eigenvalue weighted by molar-refractivity contribution is 7.13. The summed E-state index contributed by atoms with van der Waals surface area (Å²) in [5, 5.41) is 11.4. The van der Waals surface area contributed by atoms with Gasteiger partial charge in [0.2, 0.25) is 0 Å². The van der Waals surface area contributed by atoms with E-state index in [4.69, 9.17) is 14.6 Å². The summed E-state index contributed by atoms with van der Waals surface area (Å²) in [6.45, 7) is 5.20. The van der Waals surface area contributed by atoms with Crippen molar-refractivity contribution in [3.05, 3.63) is 65.2 Å². The predicted molar refractivity (Wildman–Crippen MR) is 110 cm³/mol. The number of benzene rings is 2. The fourth-order valence-electron chi connectivity index (χ4n) is 2.66. The fraction of sp³-hybridized carbons (Fsp3) is 0.273. The Morgan fingerprint density at radius 3 is 2.46 bits per heavy atom. The third kappa shape index (κ3) is 5.57. The first-order chi connectivity index (χ1) is 13.5. The molecule has 0 amide bonds. The fourth-order valence-corrected chi connectivity index (χ4v) is 3.48. The van der Waals surface area contributed by atoms with E-state index in [0.717, 1.165) is 22.1 Å². The molecule has 0 saturated carbocycles. The molecule has 0 spiro atoms. The molecule has 5 nitrogen and oxygen atoms in total. The van der Waals surface area contributed by atoms with Gasteiger partial charge < -0.3 is 14.6 Å². The van der Waals surface area contributed by atoms with Gasteiger partial charge in [0.1, 0.15) is 29.7 Å². The van der Waals surface area contributed by atoms with Crippen molar-refractivity contribution < 1.29 is 19.4 Å². The van der Waals surface area contributed by atoms with Gasteiger partial charge in [0.05, 0.1) is 12.1 Å². The minimum atomic E-state index is -0.882. The number of hydrogen-bond donors (Lipinski definition) is 1. The first-order valence-electron chi connectivity index (χ1n) is 9.13. The van der Waals surface area contributed by atoms with Crippen LogP contribution in [0.3, 0.4) is 0 Å². The number of ether oxygens (including phenoxy) is 2. The molecule has 2 aromatic carbocycles. The van der Waals surface area contributed by atoms with Gasteiger partial charge in [0.15, 0.2) is 0 Å². The van der Waals surface area contributed by atoms with E-state index in [1.807, 2.05) is 36.4 Å². The van der Waals surface area contributed by atoms with Crippen molar-refractivity contribution in [2.24, 2.45) is 0 Å². The van der Waals surface area contributed by atoms with E-state index >= 15 is 0 Å². The van der Waals surface area contributed by atoms with Crippen LogP contribution >= 0.6 is 11.3 Å². The topological polar surface area (TPSA) is 68.7 Å². The zero-order chi connectivity index (χ0) is 19.9. The summed E-state index contributed by atoms with van der Waals surface area (Å²) < 4.78 is 11.5. The van der Waals surface area contributed by atoms with Gasteiger partial charge >= 0.3 is 5.97 Å². The molecule has 6 heteroatoms. The minimum Gasteiger partial charge on any atom is -0.490 e. The number of hydrogen-bond acceptors (Lipinski definition) is 5. The molecule has 0 unspecified atom stereocenters. The summed E-state index contributed by atoms with van der Waals surface area (Å²) in [6.07, 6.45) is -0.0673. The van der Waals surface area contributed by atoms with E-state index in [1.165, 1.54) is 16.9 Å². The summed E-state index contributed by atoms with van der Waals surface area (Å²) in [7, 11) is 0. The maximum Gasteiger partial charge on any atom is 0.309 e. The molecule has 3 rings (SSSR count). The van der Waals surface area contributed by atoms with Gasteiger partial charge in [-0.15, -0.1) is 11.3 Å². The number of rotatable bonds is 9. The van der Waals surface area contributed by atoms with Crippen molar-refractivity contribution in [3.8, 4) is 22.1 Å². The summed E-state index contributed by atoms with van der Waals surface area (Å²) in [5.41, 5.74) is 2.76. The average molecular weight is 397 g/mol. The third-order valence-electron chi connectivity index (χ3n) is 4.13. The van der Waals surface area contributed by atoms with E-state index in [9.17, 15) is 4.79 Å². The van der Waals surface area contributed by atoms with Crippen LogP contribution in [0, 0.1) is 0 Å². The van der Waals surface area contributed by atoms with Crippen LogP contribution in [0.1, 0.15) is 31.0 Å². The molecule has 0 bridgehead atoms. The maximum absolute atomic E-state index is 10.8. The molecule has 0 atom stereocenters. The van der Waals surface area contributed by atoms with E-state index in [1.54, 1.807) is 5.38 Å². The number of carboxylic acids is 1. The highest BCUT2D eigenvalue weighted by atomic mass is 32.1. The van der Waals surface area contributed by atoms with E-state index < -0.39 is 5.97 Å². The second kappa shape index (κ2) is 9.37. The van der Waals surface area contributed by atoms with Crippen LogP contribution in [-0.4, -0.2) is 29.3 Å². The summed E-state index contributed by atoms with van der Waals surface area (Å²) >= 11 is 1.43. The number of aromatic nitrogens is 1. The van der Waals surface area contributed by atoms with Gasteiger partial charge in [0.25, 0.3) is 0 Å². The van der Waals surface area contributed by atoms with Crippen LogP contribution in [0.4, 0.5) is 0 Å². The Bertz CT molecular complexity index is 918.